The van der Waals surface area contributed by atoms with Gasteiger partial charge in [0.1, 0.15) is 0 Å². The van der Waals surface area contributed by atoms with Gasteiger partial charge in [0.2, 0.25) is 0 Å². The zero-order valence-electron chi connectivity index (χ0n) is 12.3. The smallest absolute Gasteiger partial charge is 0.0335 e. The van der Waals surface area contributed by atoms with Gasteiger partial charge >= 0.3 is 0 Å². The number of hydrogen-bond donors (Lipinski definition) is 1. The molecular weight excluding hydrogens is 232 g/mol. The van der Waals surface area contributed by atoms with E-state index in [0.29, 0.717) is 6.04 Å². The molecule has 1 aromatic heterocycles. The van der Waals surface area contributed by atoms with Crippen molar-refractivity contribution in [3.8, 4) is 0 Å². The zero-order valence-corrected chi connectivity index (χ0v) is 12.3. The lowest BCUT2D eigenvalue weighted by molar-refractivity contribution is 0.319. The van der Waals surface area contributed by atoms with E-state index in [1.807, 2.05) is 0 Å². The molecular formula is C17H28N2. The average Bonchev–Trinajstić information content (AvgIpc) is 2.73. The number of rotatable bonds is 3. The van der Waals surface area contributed by atoms with Crippen LogP contribution in [-0.2, 0) is 13.0 Å². The molecule has 0 bridgehead atoms. The number of hydrogen-bond acceptors (Lipinski definition) is 1. The van der Waals surface area contributed by atoms with Gasteiger partial charge in [-0.3, -0.25) is 0 Å². The Morgan fingerprint density at radius 2 is 1.84 bits per heavy atom. The highest BCUT2D eigenvalue weighted by molar-refractivity contribution is 5.29. The van der Waals surface area contributed by atoms with E-state index in [1.165, 1.54) is 64.3 Å². The molecule has 1 fully saturated rings. The van der Waals surface area contributed by atoms with Crippen molar-refractivity contribution < 1.29 is 0 Å². The van der Waals surface area contributed by atoms with Gasteiger partial charge < -0.3 is 9.88 Å². The Balaban J connectivity index is 1.73. The molecule has 2 heteroatoms. The molecule has 0 aromatic carbocycles. The summed E-state index contributed by atoms with van der Waals surface area (Å²) < 4.78 is 2.50. The number of nitrogens with zero attached hydrogens (tertiary/aromatic N) is 1. The highest BCUT2D eigenvalue weighted by Gasteiger charge is 2.20. The Morgan fingerprint density at radius 1 is 1.05 bits per heavy atom. The van der Waals surface area contributed by atoms with Crippen LogP contribution in [0.1, 0.15) is 68.5 Å². The van der Waals surface area contributed by atoms with E-state index in [9.17, 15) is 0 Å². The summed E-state index contributed by atoms with van der Waals surface area (Å²) in [5.74, 6) is 0.929. The van der Waals surface area contributed by atoms with Crippen molar-refractivity contribution in [3.63, 3.8) is 0 Å². The van der Waals surface area contributed by atoms with Crippen molar-refractivity contribution in [2.24, 2.45) is 5.92 Å². The van der Waals surface area contributed by atoms with Crippen molar-refractivity contribution >= 4 is 0 Å². The SMILES string of the molecule is CNC1CCCCc2cn(CC3CCCCC3)cc21. The fourth-order valence-corrected chi connectivity index (χ4v) is 3.99. The Bertz CT molecular complexity index is 401. The lowest BCUT2D eigenvalue weighted by Gasteiger charge is -2.22. The van der Waals surface area contributed by atoms with E-state index in [2.05, 4.69) is 29.3 Å². The summed E-state index contributed by atoms with van der Waals surface area (Å²) in [6.07, 6.45) is 17.4. The quantitative estimate of drug-likeness (QED) is 0.811. The van der Waals surface area contributed by atoms with Crippen LogP contribution in [0.2, 0.25) is 0 Å². The van der Waals surface area contributed by atoms with Crippen LogP contribution in [0.3, 0.4) is 0 Å². The van der Waals surface area contributed by atoms with Gasteiger partial charge in [-0.15, -0.1) is 0 Å². The second kappa shape index (κ2) is 6.13. The molecule has 1 heterocycles. The fourth-order valence-electron chi connectivity index (χ4n) is 3.99. The van der Waals surface area contributed by atoms with Gasteiger partial charge in [0.15, 0.2) is 0 Å². The average molecular weight is 260 g/mol. The largest absolute Gasteiger partial charge is 0.353 e. The van der Waals surface area contributed by atoms with Gasteiger partial charge in [-0.2, -0.15) is 0 Å². The lowest BCUT2D eigenvalue weighted by Crippen LogP contribution is -2.16. The second-order valence-corrected chi connectivity index (χ2v) is 6.53. The van der Waals surface area contributed by atoms with Gasteiger partial charge in [-0.05, 0) is 56.2 Å². The molecule has 0 saturated heterocycles. The van der Waals surface area contributed by atoms with Crippen molar-refractivity contribution in [2.45, 2.75) is 70.4 Å². The molecule has 1 atom stereocenters. The number of fused-ring (bicyclic) bond motifs is 1. The minimum Gasteiger partial charge on any atom is -0.353 e. The molecule has 106 valence electrons. The van der Waals surface area contributed by atoms with Crippen molar-refractivity contribution in [2.75, 3.05) is 7.05 Å². The van der Waals surface area contributed by atoms with E-state index in [-0.39, 0.29) is 0 Å². The molecule has 0 radical (unpaired) electrons. The fraction of sp³-hybridized carbons (Fsp3) is 0.765. The third-order valence-corrected chi connectivity index (χ3v) is 5.10. The maximum Gasteiger partial charge on any atom is 0.0335 e. The molecule has 1 unspecified atom stereocenters. The van der Waals surface area contributed by atoms with Crippen LogP contribution in [0.4, 0.5) is 0 Å². The van der Waals surface area contributed by atoms with E-state index < -0.39 is 0 Å². The standard InChI is InChI=1S/C17H28N2/c1-18-17-10-6-5-9-15-12-19(13-16(15)17)11-14-7-3-2-4-8-14/h12-14,17-18H,2-11H2,1H3. The maximum absolute atomic E-state index is 3.50. The summed E-state index contributed by atoms with van der Waals surface area (Å²) in [5, 5.41) is 3.50. The number of aryl methyl sites for hydroxylation is 1. The first-order valence-corrected chi connectivity index (χ1v) is 8.22. The van der Waals surface area contributed by atoms with E-state index in [4.69, 9.17) is 0 Å². The molecule has 2 nitrogen and oxygen atoms in total. The normalized spacial score (nSPS) is 25.0. The monoisotopic (exact) mass is 260 g/mol. The first kappa shape index (κ1) is 13.2. The molecule has 2 aliphatic rings. The van der Waals surface area contributed by atoms with Crippen LogP contribution in [0.5, 0.6) is 0 Å². The summed E-state index contributed by atoms with van der Waals surface area (Å²) in [5.41, 5.74) is 3.18. The van der Waals surface area contributed by atoms with Gasteiger partial charge in [-0.25, -0.2) is 0 Å². The first-order valence-electron chi connectivity index (χ1n) is 8.22. The van der Waals surface area contributed by atoms with Crippen LogP contribution in [0.25, 0.3) is 0 Å². The Hall–Kier alpha value is -0.760. The zero-order chi connectivity index (χ0) is 13.1. The Labute approximate surface area is 117 Å². The Morgan fingerprint density at radius 3 is 2.63 bits per heavy atom. The Kier molecular flexibility index (Phi) is 4.27. The summed E-state index contributed by atoms with van der Waals surface area (Å²) >= 11 is 0. The molecule has 1 N–H and O–H groups in total. The van der Waals surface area contributed by atoms with Crippen LogP contribution in [-0.4, -0.2) is 11.6 Å². The maximum atomic E-state index is 3.50. The predicted octanol–water partition coefficient (Wildman–Crippen LogP) is 4.06. The molecule has 0 amide bonds. The molecule has 3 rings (SSSR count). The van der Waals surface area contributed by atoms with Crippen LogP contribution >= 0.6 is 0 Å². The second-order valence-electron chi connectivity index (χ2n) is 6.53. The highest BCUT2D eigenvalue weighted by Crippen LogP contribution is 2.31. The van der Waals surface area contributed by atoms with Crippen LogP contribution in [0.15, 0.2) is 12.4 Å². The third kappa shape index (κ3) is 3.05. The van der Waals surface area contributed by atoms with E-state index >= 15 is 0 Å². The van der Waals surface area contributed by atoms with Gasteiger partial charge in [0.25, 0.3) is 0 Å². The molecule has 2 aliphatic carbocycles. The minimum atomic E-state index is 0.588. The molecule has 0 spiro atoms. The minimum absolute atomic E-state index is 0.588. The van der Waals surface area contributed by atoms with E-state index in [1.54, 1.807) is 11.1 Å². The van der Waals surface area contributed by atoms with Crippen molar-refractivity contribution in [3.05, 3.63) is 23.5 Å². The number of aromatic nitrogens is 1. The van der Waals surface area contributed by atoms with Crippen molar-refractivity contribution in [1.29, 1.82) is 0 Å². The predicted molar refractivity (Wildman–Crippen MR) is 80.4 cm³/mol. The van der Waals surface area contributed by atoms with Gasteiger partial charge in [0, 0.05) is 25.0 Å². The van der Waals surface area contributed by atoms with Crippen molar-refractivity contribution in [1.82, 2.24) is 9.88 Å². The highest BCUT2D eigenvalue weighted by atomic mass is 15.0. The topological polar surface area (TPSA) is 17.0 Å². The lowest BCUT2D eigenvalue weighted by atomic mass is 9.89. The van der Waals surface area contributed by atoms with Gasteiger partial charge in [0.05, 0.1) is 0 Å². The summed E-state index contributed by atoms with van der Waals surface area (Å²) in [4.78, 5) is 0. The molecule has 19 heavy (non-hydrogen) atoms. The molecule has 0 aliphatic heterocycles. The molecule has 1 saturated carbocycles. The summed E-state index contributed by atoms with van der Waals surface area (Å²) in [6.45, 7) is 1.25. The summed E-state index contributed by atoms with van der Waals surface area (Å²) in [7, 11) is 2.11. The van der Waals surface area contributed by atoms with Gasteiger partial charge in [-0.1, -0.05) is 25.7 Å². The van der Waals surface area contributed by atoms with E-state index in [0.717, 1.165) is 5.92 Å². The molecule has 1 aromatic rings. The van der Waals surface area contributed by atoms with Crippen LogP contribution in [0, 0.1) is 5.92 Å². The third-order valence-electron chi connectivity index (χ3n) is 5.10. The van der Waals surface area contributed by atoms with Crippen LogP contribution < -0.4 is 5.32 Å². The summed E-state index contributed by atoms with van der Waals surface area (Å²) in [6, 6.07) is 0.588. The first-order chi connectivity index (χ1) is 9.36. The number of nitrogens with one attached hydrogen (secondary N) is 1.